The first kappa shape index (κ1) is 16.9. The Hall–Kier alpha value is -2.92. The fraction of sp³-hybridized carbons (Fsp3) is 0.200. The molecule has 0 aliphatic rings. The number of aliphatic hydroxyl groups excluding tert-OH is 1. The van der Waals surface area contributed by atoms with Crippen molar-refractivity contribution in [3.05, 3.63) is 82.2 Å². The van der Waals surface area contributed by atoms with Gasteiger partial charge in [0.15, 0.2) is 0 Å². The zero-order valence-electron chi connectivity index (χ0n) is 14.4. The summed E-state index contributed by atoms with van der Waals surface area (Å²) in [6, 6.07) is 10.9. The molecule has 0 unspecified atom stereocenters. The summed E-state index contributed by atoms with van der Waals surface area (Å²) < 4.78 is 1.74. The molecule has 3 rings (SSSR count). The van der Waals surface area contributed by atoms with Crippen LogP contribution in [0.1, 0.15) is 44.3 Å². The zero-order valence-corrected chi connectivity index (χ0v) is 14.4. The topological polar surface area (TPSA) is 75.3 Å². The van der Waals surface area contributed by atoms with E-state index in [1.807, 2.05) is 51.2 Å². The number of aromatic nitrogens is 2. The van der Waals surface area contributed by atoms with Gasteiger partial charge in [-0.1, -0.05) is 6.07 Å². The van der Waals surface area contributed by atoms with E-state index in [2.05, 4.69) is 5.10 Å². The van der Waals surface area contributed by atoms with Crippen molar-refractivity contribution >= 4 is 5.97 Å². The maximum Gasteiger partial charge on any atom is 0.335 e. The minimum atomic E-state index is -0.968. The summed E-state index contributed by atoms with van der Waals surface area (Å²) in [6.07, 6.45) is 2.71. The minimum absolute atomic E-state index is 0.230. The average Bonchev–Trinajstić information content (AvgIpc) is 3.08. The first-order chi connectivity index (χ1) is 11.9. The molecule has 0 saturated heterocycles. The molecular weight excluding hydrogens is 316 g/mol. The van der Waals surface area contributed by atoms with Gasteiger partial charge in [0.25, 0.3) is 0 Å². The largest absolute Gasteiger partial charge is 0.478 e. The molecule has 0 fully saturated rings. The molecule has 0 aliphatic carbocycles. The molecule has 5 heteroatoms. The fourth-order valence-electron chi connectivity index (χ4n) is 3.17. The third-order valence-corrected chi connectivity index (χ3v) is 4.44. The highest BCUT2D eigenvalue weighted by molar-refractivity contribution is 5.88. The highest BCUT2D eigenvalue weighted by Crippen LogP contribution is 2.31. The van der Waals surface area contributed by atoms with Crippen molar-refractivity contribution in [2.45, 2.75) is 26.9 Å². The van der Waals surface area contributed by atoms with E-state index in [0.29, 0.717) is 0 Å². The van der Waals surface area contributed by atoms with E-state index in [0.717, 1.165) is 33.5 Å². The number of aliphatic hydroxyl groups is 1. The molecule has 128 valence electrons. The Morgan fingerprint density at radius 2 is 1.76 bits per heavy atom. The molecule has 0 bridgehead atoms. The second-order valence-corrected chi connectivity index (χ2v) is 6.22. The van der Waals surface area contributed by atoms with Gasteiger partial charge in [0.2, 0.25) is 0 Å². The molecule has 3 aromatic rings. The summed E-state index contributed by atoms with van der Waals surface area (Å²) in [5, 5.41) is 24.4. The molecule has 1 aromatic heterocycles. The van der Waals surface area contributed by atoms with Gasteiger partial charge in [0.1, 0.15) is 6.10 Å². The van der Waals surface area contributed by atoms with Crippen LogP contribution in [0.3, 0.4) is 0 Å². The SMILES string of the molecule is Cc1ccc(-n2cccn2)cc1[C@@H](O)c1c(C)cc(C(=O)O)cc1C. The molecule has 0 aliphatic heterocycles. The van der Waals surface area contributed by atoms with Crippen LogP contribution in [0.5, 0.6) is 0 Å². The lowest BCUT2D eigenvalue weighted by Gasteiger charge is -2.20. The number of aromatic carboxylic acids is 1. The number of aryl methyl sites for hydroxylation is 3. The van der Waals surface area contributed by atoms with E-state index in [9.17, 15) is 15.0 Å². The van der Waals surface area contributed by atoms with Crippen molar-refractivity contribution in [1.82, 2.24) is 9.78 Å². The van der Waals surface area contributed by atoms with Crippen molar-refractivity contribution in [3.63, 3.8) is 0 Å². The van der Waals surface area contributed by atoms with Crippen molar-refractivity contribution in [1.29, 1.82) is 0 Å². The van der Waals surface area contributed by atoms with Crippen molar-refractivity contribution in [2.24, 2.45) is 0 Å². The van der Waals surface area contributed by atoms with Crippen LogP contribution in [0.4, 0.5) is 0 Å². The quantitative estimate of drug-likeness (QED) is 0.763. The maximum absolute atomic E-state index is 11.2. The smallest absolute Gasteiger partial charge is 0.335 e. The van der Waals surface area contributed by atoms with E-state index in [-0.39, 0.29) is 5.56 Å². The van der Waals surface area contributed by atoms with Gasteiger partial charge in [0.05, 0.1) is 11.3 Å². The van der Waals surface area contributed by atoms with Crippen molar-refractivity contribution < 1.29 is 15.0 Å². The number of benzene rings is 2. The fourth-order valence-corrected chi connectivity index (χ4v) is 3.17. The number of hydrogen-bond acceptors (Lipinski definition) is 3. The van der Waals surface area contributed by atoms with Crippen LogP contribution in [-0.4, -0.2) is 26.0 Å². The van der Waals surface area contributed by atoms with Gasteiger partial charge in [-0.2, -0.15) is 5.10 Å². The lowest BCUT2D eigenvalue weighted by atomic mass is 9.89. The van der Waals surface area contributed by atoms with E-state index in [1.165, 1.54) is 0 Å². The van der Waals surface area contributed by atoms with Gasteiger partial charge in [-0.15, -0.1) is 0 Å². The Labute approximate surface area is 146 Å². The van der Waals surface area contributed by atoms with Crippen LogP contribution in [0.2, 0.25) is 0 Å². The van der Waals surface area contributed by atoms with Gasteiger partial charge < -0.3 is 10.2 Å². The van der Waals surface area contributed by atoms with Crippen LogP contribution < -0.4 is 0 Å². The predicted octanol–water partition coefficient (Wildman–Crippen LogP) is 3.58. The molecule has 1 heterocycles. The summed E-state index contributed by atoms with van der Waals surface area (Å²) in [5.41, 5.74) is 5.09. The molecule has 0 amide bonds. The number of hydrogen-bond donors (Lipinski definition) is 2. The molecule has 0 radical (unpaired) electrons. The first-order valence-corrected chi connectivity index (χ1v) is 8.01. The molecule has 0 spiro atoms. The monoisotopic (exact) mass is 336 g/mol. The number of carboxylic acids is 1. The number of rotatable bonds is 4. The number of nitrogens with zero attached hydrogens (tertiary/aromatic N) is 2. The second-order valence-electron chi connectivity index (χ2n) is 6.22. The molecule has 2 aromatic carbocycles. The Morgan fingerprint density at radius 3 is 2.32 bits per heavy atom. The van der Waals surface area contributed by atoms with Gasteiger partial charge in [-0.05, 0) is 78.9 Å². The summed E-state index contributed by atoms with van der Waals surface area (Å²) >= 11 is 0. The van der Waals surface area contributed by atoms with E-state index in [4.69, 9.17) is 0 Å². The highest BCUT2D eigenvalue weighted by atomic mass is 16.4. The normalized spacial score (nSPS) is 12.2. The molecular formula is C20H20N2O3. The number of carbonyl (C=O) groups is 1. The Balaban J connectivity index is 2.08. The highest BCUT2D eigenvalue weighted by Gasteiger charge is 2.20. The second kappa shape index (κ2) is 6.53. The Morgan fingerprint density at radius 1 is 1.08 bits per heavy atom. The van der Waals surface area contributed by atoms with Crippen molar-refractivity contribution in [2.75, 3.05) is 0 Å². The Kier molecular flexibility index (Phi) is 4.42. The first-order valence-electron chi connectivity index (χ1n) is 8.01. The van der Waals surface area contributed by atoms with Gasteiger partial charge in [-0.25, -0.2) is 9.48 Å². The molecule has 5 nitrogen and oxygen atoms in total. The van der Waals surface area contributed by atoms with E-state index in [1.54, 1.807) is 23.0 Å². The van der Waals surface area contributed by atoms with E-state index >= 15 is 0 Å². The van der Waals surface area contributed by atoms with Gasteiger partial charge >= 0.3 is 5.97 Å². The predicted molar refractivity (Wildman–Crippen MR) is 95.2 cm³/mol. The van der Waals surface area contributed by atoms with Gasteiger partial charge in [-0.3, -0.25) is 0 Å². The molecule has 2 N–H and O–H groups in total. The molecule has 1 atom stereocenters. The third-order valence-electron chi connectivity index (χ3n) is 4.44. The maximum atomic E-state index is 11.2. The van der Waals surface area contributed by atoms with Gasteiger partial charge in [0, 0.05) is 12.4 Å². The third kappa shape index (κ3) is 3.19. The van der Waals surface area contributed by atoms with Crippen LogP contribution in [0, 0.1) is 20.8 Å². The minimum Gasteiger partial charge on any atom is -0.478 e. The van der Waals surface area contributed by atoms with E-state index < -0.39 is 12.1 Å². The molecule has 25 heavy (non-hydrogen) atoms. The van der Waals surface area contributed by atoms with Crippen LogP contribution >= 0.6 is 0 Å². The lowest BCUT2D eigenvalue weighted by Crippen LogP contribution is -2.09. The zero-order chi connectivity index (χ0) is 18.1. The van der Waals surface area contributed by atoms with Crippen LogP contribution in [-0.2, 0) is 0 Å². The Bertz CT molecular complexity index is 907. The van der Waals surface area contributed by atoms with Crippen molar-refractivity contribution in [3.8, 4) is 5.69 Å². The summed E-state index contributed by atoms with van der Waals surface area (Å²) in [4.78, 5) is 11.2. The lowest BCUT2D eigenvalue weighted by molar-refractivity contribution is 0.0696. The average molecular weight is 336 g/mol. The standard InChI is InChI=1S/C20H20N2O3/c1-12-5-6-16(22-8-4-7-21-22)11-17(12)19(23)18-13(2)9-15(20(24)25)10-14(18)3/h4-11,19,23H,1-3H3,(H,24,25)/t19-/m1/s1. The van der Waals surface area contributed by atoms with Crippen LogP contribution in [0.25, 0.3) is 5.69 Å². The van der Waals surface area contributed by atoms with Crippen LogP contribution in [0.15, 0.2) is 48.8 Å². The summed E-state index contributed by atoms with van der Waals surface area (Å²) in [6.45, 7) is 5.59. The molecule has 0 saturated carbocycles. The summed E-state index contributed by atoms with van der Waals surface area (Å²) in [5.74, 6) is -0.968. The number of carboxylic acid groups (broad SMARTS) is 1. The summed E-state index contributed by atoms with van der Waals surface area (Å²) in [7, 11) is 0.